The van der Waals surface area contributed by atoms with E-state index in [-0.39, 0.29) is 11.8 Å². The molecule has 78 valence electrons. The van der Waals surface area contributed by atoms with Crippen LogP contribution in [0.5, 0.6) is 0 Å². The van der Waals surface area contributed by atoms with Gasteiger partial charge in [0.25, 0.3) is 5.91 Å². The van der Waals surface area contributed by atoms with Crippen molar-refractivity contribution in [1.82, 2.24) is 20.8 Å². The highest BCUT2D eigenvalue weighted by atomic mass is 16.2. The van der Waals surface area contributed by atoms with Crippen LogP contribution in [0.1, 0.15) is 41.6 Å². The lowest BCUT2D eigenvalue weighted by molar-refractivity contribution is 0.0941. The summed E-state index contributed by atoms with van der Waals surface area (Å²) in [6, 6.07) is 0. The second kappa shape index (κ2) is 3.68. The Kier molecular flexibility index (Phi) is 2.37. The number of hydrogen-bond acceptors (Lipinski definition) is 4. The Morgan fingerprint density at radius 3 is 2.93 bits per heavy atom. The Morgan fingerprint density at radius 2 is 2.20 bits per heavy atom. The fourth-order valence-corrected chi connectivity index (χ4v) is 1.28. The van der Waals surface area contributed by atoms with Crippen LogP contribution in [0.15, 0.2) is 12.4 Å². The predicted molar refractivity (Wildman–Crippen MR) is 55.8 cm³/mol. The number of rotatable bonds is 1. The molecule has 0 aromatic carbocycles. The number of carbonyl (C=O) groups is 1. The molecule has 1 aromatic rings. The molecular weight excluding hydrogens is 192 g/mol. The third-order valence-electron chi connectivity index (χ3n) is 2.11. The second-order valence-electron chi connectivity index (χ2n) is 3.61. The van der Waals surface area contributed by atoms with E-state index in [2.05, 4.69) is 20.8 Å². The molecule has 1 aliphatic heterocycles. The minimum absolute atomic E-state index is 0.217. The van der Waals surface area contributed by atoms with E-state index in [0.717, 1.165) is 5.82 Å². The molecule has 5 nitrogen and oxygen atoms in total. The number of nitrogens with one attached hydrogen (secondary N) is 2. The number of hydrazine groups is 1. The Labute approximate surface area is 87.6 Å². The van der Waals surface area contributed by atoms with Crippen molar-refractivity contribution in [2.75, 3.05) is 0 Å². The summed E-state index contributed by atoms with van der Waals surface area (Å²) in [6.45, 7) is 4.03. The number of nitrogens with zero attached hydrogens (tertiary/aromatic N) is 2. The zero-order chi connectivity index (χ0) is 10.8. The van der Waals surface area contributed by atoms with Crippen molar-refractivity contribution in [2.45, 2.75) is 19.8 Å². The van der Waals surface area contributed by atoms with Crippen LogP contribution < -0.4 is 10.9 Å². The molecule has 0 spiro atoms. The van der Waals surface area contributed by atoms with Crippen LogP contribution in [0.3, 0.4) is 0 Å². The number of amides is 1. The van der Waals surface area contributed by atoms with E-state index in [1.807, 2.05) is 13.8 Å². The predicted octanol–water partition coefficient (Wildman–Crippen LogP) is 0.819. The van der Waals surface area contributed by atoms with Crippen LogP contribution in [-0.4, -0.2) is 15.9 Å². The molecule has 0 unspecified atom stereocenters. The first-order valence-electron chi connectivity index (χ1n) is 4.78. The smallest absolute Gasteiger partial charge is 0.273 e. The normalized spacial score (nSPS) is 14.2. The van der Waals surface area contributed by atoms with E-state index >= 15 is 0 Å². The maximum Gasteiger partial charge on any atom is 0.273 e. The van der Waals surface area contributed by atoms with Gasteiger partial charge < -0.3 is 5.43 Å². The van der Waals surface area contributed by atoms with Gasteiger partial charge in [0.15, 0.2) is 0 Å². The average Bonchev–Trinajstić information content (AvgIpc) is 2.40. The van der Waals surface area contributed by atoms with E-state index < -0.39 is 0 Å². The topological polar surface area (TPSA) is 66.9 Å². The summed E-state index contributed by atoms with van der Waals surface area (Å²) >= 11 is 0. The van der Waals surface area contributed by atoms with Crippen molar-refractivity contribution in [3.63, 3.8) is 0 Å². The van der Waals surface area contributed by atoms with Crippen LogP contribution in [0.2, 0.25) is 0 Å². The molecule has 1 aliphatic rings. The maximum absolute atomic E-state index is 11.5. The van der Waals surface area contributed by atoms with E-state index in [1.54, 1.807) is 18.5 Å². The Bertz CT molecular complexity index is 425. The van der Waals surface area contributed by atoms with Crippen molar-refractivity contribution in [1.29, 1.82) is 0 Å². The molecule has 0 fully saturated rings. The summed E-state index contributed by atoms with van der Waals surface area (Å²) in [5.41, 5.74) is 6.27. The Morgan fingerprint density at radius 1 is 1.40 bits per heavy atom. The van der Waals surface area contributed by atoms with Gasteiger partial charge in [-0.2, -0.15) is 0 Å². The molecule has 2 rings (SSSR count). The lowest BCUT2D eigenvalue weighted by Crippen LogP contribution is -2.32. The van der Waals surface area contributed by atoms with Gasteiger partial charge in [-0.05, 0) is 6.08 Å². The molecule has 2 heterocycles. The molecule has 5 heteroatoms. The van der Waals surface area contributed by atoms with Gasteiger partial charge in [-0.1, -0.05) is 13.8 Å². The van der Waals surface area contributed by atoms with Gasteiger partial charge >= 0.3 is 0 Å². The number of fused-ring (bicyclic) bond motifs is 1. The summed E-state index contributed by atoms with van der Waals surface area (Å²) in [6.07, 6.45) is 4.95. The van der Waals surface area contributed by atoms with Gasteiger partial charge in [-0.25, -0.2) is 9.97 Å². The maximum atomic E-state index is 11.5. The van der Waals surface area contributed by atoms with Crippen LogP contribution in [0, 0.1) is 0 Å². The number of aromatic nitrogens is 2. The molecule has 0 saturated carbocycles. The van der Waals surface area contributed by atoms with Gasteiger partial charge in [0, 0.05) is 18.3 Å². The summed E-state index contributed by atoms with van der Waals surface area (Å²) < 4.78 is 0. The van der Waals surface area contributed by atoms with Gasteiger partial charge in [0.2, 0.25) is 0 Å². The SMILES string of the molecule is CC(C)c1ncc2c(n1)C=CNNC2=O. The van der Waals surface area contributed by atoms with Crippen LogP contribution in [0.4, 0.5) is 0 Å². The van der Waals surface area contributed by atoms with Crippen LogP contribution in [-0.2, 0) is 0 Å². The lowest BCUT2D eigenvalue weighted by atomic mass is 10.1. The first-order valence-corrected chi connectivity index (χ1v) is 4.78. The highest BCUT2D eigenvalue weighted by Crippen LogP contribution is 2.14. The van der Waals surface area contributed by atoms with Gasteiger partial charge in [-0.15, -0.1) is 0 Å². The van der Waals surface area contributed by atoms with E-state index in [4.69, 9.17) is 0 Å². The van der Waals surface area contributed by atoms with Gasteiger partial charge in [0.1, 0.15) is 5.82 Å². The molecule has 0 aliphatic carbocycles. The molecule has 1 aromatic heterocycles. The largest absolute Gasteiger partial charge is 0.306 e. The van der Waals surface area contributed by atoms with Gasteiger partial charge in [0.05, 0.1) is 11.3 Å². The number of carbonyl (C=O) groups excluding carboxylic acids is 1. The molecule has 0 atom stereocenters. The zero-order valence-corrected chi connectivity index (χ0v) is 8.61. The highest BCUT2D eigenvalue weighted by molar-refractivity contribution is 5.97. The molecule has 15 heavy (non-hydrogen) atoms. The third kappa shape index (κ3) is 1.81. The summed E-state index contributed by atoms with van der Waals surface area (Å²) in [7, 11) is 0. The summed E-state index contributed by atoms with van der Waals surface area (Å²) in [5.74, 6) is 0.779. The Hall–Kier alpha value is -1.91. The minimum Gasteiger partial charge on any atom is -0.306 e. The average molecular weight is 204 g/mol. The van der Waals surface area contributed by atoms with Crippen molar-refractivity contribution in [3.05, 3.63) is 29.5 Å². The first-order chi connectivity index (χ1) is 7.18. The quantitative estimate of drug-likeness (QED) is 0.710. The molecule has 1 amide bonds. The molecule has 2 N–H and O–H groups in total. The zero-order valence-electron chi connectivity index (χ0n) is 8.61. The van der Waals surface area contributed by atoms with Crippen molar-refractivity contribution < 1.29 is 4.79 Å². The fourth-order valence-electron chi connectivity index (χ4n) is 1.28. The van der Waals surface area contributed by atoms with Gasteiger partial charge in [-0.3, -0.25) is 10.2 Å². The van der Waals surface area contributed by atoms with E-state index in [9.17, 15) is 4.79 Å². The number of hydrogen-bond donors (Lipinski definition) is 2. The third-order valence-corrected chi connectivity index (χ3v) is 2.11. The summed E-state index contributed by atoms with van der Waals surface area (Å²) in [5, 5.41) is 0. The van der Waals surface area contributed by atoms with Crippen LogP contribution >= 0.6 is 0 Å². The second-order valence-corrected chi connectivity index (χ2v) is 3.61. The first kappa shape index (κ1) is 9.64. The fraction of sp³-hybridized carbons (Fsp3) is 0.300. The Balaban J connectivity index is 2.50. The van der Waals surface area contributed by atoms with Crippen molar-refractivity contribution in [2.24, 2.45) is 0 Å². The van der Waals surface area contributed by atoms with Crippen molar-refractivity contribution in [3.8, 4) is 0 Å². The standard InChI is InChI=1S/C10H12N4O/c1-6(2)9-11-5-7-8(13-9)3-4-12-14-10(7)15/h3-6,12H,1-2H3,(H,14,15). The monoisotopic (exact) mass is 204 g/mol. The van der Waals surface area contributed by atoms with Crippen LogP contribution in [0.25, 0.3) is 6.08 Å². The van der Waals surface area contributed by atoms with Crippen molar-refractivity contribution >= 4 is 12.0 Å². The molecule has 0 saturated heterocycles. The lowest BCUT2D eigenvalue weighted by Gasteiger charge is -2.06. The summed E-state index contributed by atoms with van der Waals surface area (Å²) in [4.78, 5) is 20.0. The van der Waals surface area contributed by atoms with E-state index in [0.29, 0.717) is 11.3 Å². The molecule has 0 radical (unpaired) electrons. The molecular formula is C10H12N4O. The molecule has 0 bridgehead atoms. The highest BCUT2D eigenvalue weighted by Gasteiger charge is 2.15. The minimum atomic E-state index is -0.217. The van der Waals surface area contributed by atoms with E-state index in [1.165, 1.54) is 0 Å².